The van der Waals surface area contributed by atoms with Crippen molar-refractivity contribution in [3.63, 3.8) is 0 Å². The normalized spacial score (nSPS) is 11.3. The van der Waals surface area contributed by atoms with E-state index in [0.29, 0.717) is 0 Å². The number of nitrogens with zero attached hydrogens (tertiary/aromatic N) is 2. The number of hydrogen-bond acceptors (Lipinski definition) is 3. The summed E-state index contributed by atoms with van der Waals surface area (Å²) in [6.07, 6.45) is 8.34. The van der Waals surface area contributed by atoms with Crippen molar-refractivity contribution in [2.75, 3.05) is 32.1 Å². The van der Waals surface area contributed by atoms with Gasteiger partial charge in [0.15, 0.2) is 5.78 Å². The fourth-order valence-electron chi connectivity index (χ4n) is 3.27. The van der Waals surface area contributed by atoms with Crippen molar-refractivity contribution in [1.29, 1.82) is 0 Å². The monoisotopic (exact) mass is 392 g/mol. The van der Waals surface area contributed by atoms with E-state index in [4.69, 9.17) is 0 Å². The number of unbranched alkanes of at least 4 members (excludes halogenated alkanes) is 2. The SMILES string of the molecule is CCCCN(CCCC)c1ccc(C(=O)/C=C/c2ccc(CN(C)C)cc2)cc1. The van der Waals surface area contributed by atoms with Crippen LogP contribution in [0.3, 0.4) is 0 Å². The van der Waals surface area contributed by atoms with Crippen LogP contribution in [0.5, 0.6) is 0 Å². The summed E-state index contributed by atoms with van der Waals surface area (Å²) < 4.78 is 0. The van der Waals surface area contributed by atoms with Gasteiger partial charge >= 0.3 is 0 Å². The van der Waals surface area contributed by atoms with Gasteiger partial charge in [-0.2, -0.15) is 0 Å². The molecule has 0 N–H and O–H groups in total. The molecule has 2 rings (SSSR count). The molecule has 0 spiro atoms. The lowest BCUT2D eigenvalue weighted by molar-refractivity contribution is 0.104. The summed E-state index contributed by atoms with van der Waals surface area (Å²) in [6, 6.07) is 16.4. The maximum Gasteiger partial charge on any atom is 0.185 e. The van der Waals surface area contributed by atoms with Crippen LogP contribution in [0, 0.1) is 0 Å². The lowest BCUT2D eigenvalue weighted by Gasteiger charge is -2.24. The summed E-state index contributed by atoms with van der Waals surface area (Å²) in [7, 11) is 4.12. The molecule has 156 valence electrons. The van der Waals surface area contributed by atoms with Gasteiger partial charge < -0.3 is 9.80 Å². The molecule has 2 aromatic rings. The molecule has 0 amide bonds. The number of benzene rings is 2. The minimum absolute atomic E-state index is 0.0441. The highest BCUT2D eigenvalue weighted by molar-refractivity contribution is 6.06. The molecule has 29 heavy (non-hydrogen) atoms. The largest absolute Gasteiger partial charge is 0.372 e. The van der Waals surface area contributed by atoms with Gasteiger partial charge in [0.2, 0.25) is 0 Å². The van der Waals surface area contributed by atoms with E-state index < -0.39 is 0 Å². The Kier molecular flexibility index (Phi) is 9.66. The molecule has 0 heterocycles. The molecule has 0 aliphatic carbocycles. The molecule has 0 aliphatic heterocycles. The van der Waals surface area contributed by atoms with Gasteiger partial charge in [0.25, 0.3) is 0 Å². The Labute approximate surface area is 177 Å². The Hall–Kier alpha value is -2.39. The van der Waals surface area contributed by atoms with Gasteiger partial charge in [-0.05, 0) is 68.4 Å². The number of carbonyl (C=O) groups is 1. The molecule has 0 radical (unpaired) electrons. The van der Waals surface area contributed by atoms with Crippen molar-refractivity contribution in [2.24, 2.45) is 0 Å². The molecular formula is C26H36N2O. The van der Waals surface area contributed by atoms with Gasteiger partial charge in [0.1, 0.15) is 0 Å². The summed E-state index contributed by atoms with van der Waals surface area (Å²) in [5, 5.41) is 0. The third-order valence-corrected chi connectivity index (χ3v) is 4.99. The summed E-state index contributed by atoms with van der Waals surface area (Å²) in [4.78, 5) is 17.1. The van der Waals surface area contributed by atoms with E-state index in [2.05, 4.69) is 74.1 Å². The Bertz CT molecular complexity index is 752. The van der Waals surface area contributed by atoms with Gasteiger partial charge in [-0.1, -0.05) is 57.0 Å². The lowest BCUT2D eigenvalue weighted by atomic mass is 10.1. The molecule has 2 aromatic carbocycles. The highest BCUT2D eigenvalue weighted by Gasteiger charge is 2.07. The van der Waals surface area contributed by atoms with Crippen LogP contribution in [0.1, 0.15) is 61.0 Å². The fraction of sp³-hybridized carbons (Fsp3) is 0.423. The highest BCUT2D eigenvalue weighted by atomic mass is 16.1. The van der Waals surface area contributed by atoms with Gasteiger partial charge in [-0.25, -0.2) is 0 Å². The first-order valence-corrected chi connectivity index (χ1v) is 10.8. The van der Waals surface area contributed by atoms with Crippen molar-refractivity contribution in [2.45, 2.75) is 46.1 Å². The number of rotatable bonds is 12. The van der Waals surface area contributed by atoms with Crippen LogP contribution in [0.15, 0.2) is 54.6 Å². The van der Waals surface area contributed by atoms with Crippen molar-refractivity contribution < 1.29 is 4.79 Å². The molecule has 0 saturated carbocycles. The van der Waals surface area contributed by atoms with Gasteiger partial charge in [0.05, 0.1) is 0 Å². The smallest absolute Gasteiger partial charge is 0.185 e. The third-order valence-electron chi connectivity index (χ3n) is 4.99. The summed E-state index contributed by atoms with van der Waals surface area (Å²) >= 11 is 0. The first-order chi connectivity index (χ1) is 14.0. The molecule has 3 nitrogen and oxygen atoms in total. The maximum atomic E-state index is 12.5. The van der Waals surface area contributed by atoms with E-state index in [1.807, 2.05) is 18.2 Å². The van der Waals surface area contributed by atoms with E-state index in [0.717, 1.165) is 30.8 Å². The molecule has 0 atom stereocenters. The van der Waals surface area contributed by atoms with Crippen LogP contribution >= 0.6 is 0 Å². The maximum absolute atomic E-state index is 12.5. The molecular weight excluding hydrogens is 356 g/mol. The van der Waals surface area contributed by atoms with E-state index in [9.17, 15) is 4.79 Å². The van der Waals surface area contributed by atoms with Gasteiger partial charge in [-0.15, -0.1) is 0 Å². The second-order valence-corrected chi connectivity index (χ2v) is 7.92. The molecule has 0 saturated heterocycles. The van der Waals surface area contributed by atoms with E-state index in [1.165, 1.54) is 36.9 Å². The second-order valence-electron chi connectivity index (χ2n) is 7.92. The standard InChI is InChI=1S/C26H36N2O/c1-5-7-19-28(20-8-6-2)25-16-14-24(15-17-25)26(29)18-13-22-9-11-23(12-10-22)21-27(3)4/h9-18H,5-8,19-21H2,1-4H3/b18-13+. The average Bonchev–Trinajstić information content (AvgIpc) is 2.73. The lowest BCUT2D eigenvalue weighted by Crippen LogP contribution is -2.25. The quantitative estimate of drug-likeness (QED) is 0.324. The van der Waals surface area contributed by atoms with Crippen molar-refractivity contribution in [3.05, 3.63) is 71.3 Å². The first kappa shape index (κ1) is 22.9. The van der Waals surface area contributed by atoms with E-state index in [1.54, 1.807) is 6.08 Å². The zero-order valence-corrected chi connectivity index (χ0v) is 18.5. The molecule has 3 heteroatoms. The molecule has 0 unspecified atom stereocenters. The summed E-state index contributed by atoms with van der Waals surface area (Å²) in [5.74, 6) is 0.0441. The number of carbonyl (C=O) groups excluding carboxylic acids is 1. The highest BCUT2D eigenvalue weighted by Crippen LogP contribution is 2.18. The minimum atomic E-state index is 0.0441. The van der Waals surface area contributed by atoms with Crippen molar-refractivity contribution in [1.82, 2.24) is 4.90 Å². The van der Waals surface area contributed by atoms with Crippen LogP contribution in [-0.4, -0.2) is 37.9 Å². The zero-order valence-electron chi connectivity index (χ0n) is 18.5. The predicted octanol–water partition coefficient (Wildman–Crippen LogP) is 6.05. The number of allylic oxidation sites excluding steroid dienone is 1. The molecule has 0 bridgehead atoms. The minimum Gasteiger partial charge on any atom is -0.372 e. The zero-order chi connectivity index (χ0) is 21.1. The molecule has 0 aromatic heterocycles. The third kappa shape index (κ3) is 7.86. The van der Waals surface area contributed by atoms with Crippen LogP contribution in [0.25, 0.3) is 6.08 Å². The van der Waals surface area contributed by atoms with Gasteiger partial charge in [0, 0.05) is 30.9 Å². The molecule has 0 fully saturated rings. The van der Waals surface area contributed by atoms with Crippen molar-refractivity contribution >= 4 is 17.5 Å². The number of hydrogen-bond donors (Lipinski definition) is 0. The van der Waals surface area contributed by atoms with Crippen LogP contribution in [0.4, 0.5) is 5.69 Å². The second kappa shape index (κ2) is 12.2. The van der Waals surface area contributed by atoms with Gasteiger partial charge in [-0.3, -0.25) is 4.79 Å². The fourth-order valence-corrected chi connectivity index (χ4v) is 3.27. The van der Waals surface area contributed by atoms with E-state index >= 15 is 0 Å². The number of ketones is 1. The Morgan fingerprint density at radius 3 is 1.97 bits per heavy atom. The number of anilines is 1. The molecule has 0 aliphatic rings. The summed E-state index contributed by atoms with van der Waals surface area (Å²) in [5.41, 5.74) is 4.26. The van der Waals surface area contributed by atoms with Crippen LogP contribution in [-0.2, 0) is 6.54 Å². The topological polar surface area (TPSA) is 23.6 Å². The van der Waals surface area contributed by atoms with Crippen LogP contribution in [0.2, 0.25) is 0 Å². The Morgan fingerprint density at radius 2 is 1.45 bits per heavy atom. The summed E-state index contributed by atoms with van der Waals surface area (Å²) in [6.45, 7) is 7.52. The predicted molar refractivity (Wildman–Crippen MR) is 126 cm³/mol. The average molecular weight is 393 g/mol. The van der Waals surface area contributed by atoms with E-state index in [-0.39, 0.29) is 5.78 Å². The van der Waals surface area contributed by atoms with Crippen LogP contribution < -0.4 is 4.90 Å². The Morgan fingerprint density at radius 1 is 0.862 bits per heavy atom. The van der Waals surface area contributed by atoms with Crippen molar-refractivity contribution in [3.8, 4) is 0 Å². The first-order valence-electron chi connectivity index (χ1n) is 10.8. The Balaban J connectivity index is 2.00.